The van der Waals surface area contributed by atoms with E-state index in [2.05, 4.69) is 5.43 Å². The molecule has 44 heavy (non-hydrogen) atoms. The van der Waals surface area contributed by atoms with Gasteiger partial charge in [0.2, 0.25) is 5.90 Å². The van der Waals surface area contributed by atoms with Crippen molar-refractivity contribution < 1.29 is 27.8 Å². The number of amides is 1. The first-order valence-corrected chi connectivity index (χ1v) is 17.0. The Morgan fingerprint density at radius 2 is 1.77 bits per heavy atom. The summed E-state index contributed by atoms with van der Waals surface area (Å²) in [4.78, 5) is 19.4. The zero-order valence-corrected chi connectivity index (χ0v) is 26.5. The first kappa shape index (κ1) is 32.2. The number of hydrogen-bond acceptors (Lipinski definition) is 8. The van der Waals surface area contributed by atoms with E-state index in [0.717, 1.165) is 19.3 Å². The number of piperidine rings is 1. The minimum atomic E-state index is -3.78. The topological polar surface area (TPSA) is 118 Å². The molecular formula is C32H35Cl2N3O6S. The number of aliphatic hydroxyl groups excluding tert-OH is 1. The molecule has 1 saturated heterocycles. The largest absolute Gasteiger partial charge is 0.494 e. The summed E-state index contributed by atoms with van der Waals surface area (Å²) in [7, 11) is -3.78. The Kier molecular flexibility index (Phi) is 10.5. The van der Waals surface area contributed by atoms with E-state index in [4.69, 9.17) is 42.8 Å². The van der Waals surface area contributed by atoms with Gasteiger partial charge in [0, 0.05) is 53.7 Å². The number of hydrogen-bond donors (Lipinski definition) is 2. The van der Waals surface area contributed by atoms with Crippen LogP contribution in [0.2, 0.25) is 10.0 Å². The summed E-state index contributed by atoms with van der Waals surface area (Å²) in [6.07, 6.45) is 2.22. The lowest BCUT2D eigenvalue weighted by atomic mass is 9.85. The number of carbonyl (C=O) groups excluding carboxylic acids is 1. The standard InChI is InChI=1S/C32H35Cl2N3O6S/c33-24-12-15-27(28(34)22-24)29-32(31(39)36-37-17-5-2-6-18-37,16-21-44(40,41)26-8-3-1-4-9-26)35-30(43-29)23-10-13-25(14-11-23)42-20-7-19-38/h1,3-4,8-15,22,29,38H,2,5-7,16-21H2,(H,36,39)/t29-,32-/m0/s1. The van der Waals surface area contributed by atoms with Crippen molar-refractivity contribution in [2.45, 2.75) is 48.6 Å². The number of benzene rings is 3. The highest BCUT2D eigenvalue weighted by atomic mass is 35.5. The van der Waals surface area contributed by atoms with Gasteiger partial charge in [-0.1, -0.05) is 53.9 Å². The van der Waals surface area contributed by atoms with Crippen LogP contribution in [0.1, 0.15) is 49.3 Å². The number of hydrazine groups is 1. The number of halogens is 2. The van der Waals surface area contributed by atoms with Crippen LogP contribution < -0.4 is 10.2 Å². The molecule has 5 rings (SSSR count). The van der Waals surface area contributed by atoms with Gasteiger partial charge in [-0.3, -0.25) is 10.2 Å². The maximum Gasteiger partial charge on any atom is 0.266 e. The van der Waals surface area contributed by atoms with Gasteiger partial charge in [-0.2, -0.15) is 0 Å². The van der Waals surface area contributed by atoms with Gasteiger partial charge >= 0.3 is 0 Å². The van der Waals surface area contributed by atoms with Crippen molar-refractivity contribution in [3.8, 4) is 5.75 Å². The second-order valence-electron chi connectivity index (χ2n) is 10.8. The monoisotopic (exact) mass is 659 g/mol. The predicted molar refractivity (Wildman–Crippen MR) is 170 cm³/mol. The van der Waals surface area contributed by atoms with Crippen LogP contribution in [0.15, 0.2) is 82.7 Å². The number of nitrogens with one attached hydrogen (secondary N) is 1. The van der Waals surface area contributed by atoms with Crippen LogP contribution in [-0.4, -0.2) is 67.9 Å². The minimum Gasteiger partial charge on any atom is -0.494 e. The Hall–Kier alpha value is -3.15. The molecule has 1 fully saturated rings. The molecule has 2 heterocycles. The molecule has 12 heteroatoms. The number of nitrogens with zero attached hydrogens (tertiary/aromatic N) is 2. The zero-order valence-electron chi connectivity index (χ0n) is 24.1. The fourth-order valence-electron chi connectivity index (χ4n) is 5.34. The summed E-state index contributed by atoms with van der Waals surface area (Å²) in [6, 6.07) is 20.0. The number of sulfone groups is 1. The van der Waals surface area contributed by atoms with E-state index in [0.29, 0.717) is 48.0 Å². The molecule has 1 amide bonds. The molecule has 9 nitrogen and oxygen atoms in total. The lowest BCUT2D eigenvalue weighted by Crippen LogP contribution is -2.55. The average Bonchev–Trinajstić information content (AvgIpc) is 3.42. The summed E-state index contributed by atoms with van der Waals surface area (Å²) >= 11 is 12.9. The Balaban J connectivity index is 1.56. The van der Waals surface area contributed by atoms with Gasteiger partial charge in [0.25, 0.3) is 5.91 Å². The fraction of sp³-hybridized carbons (Fsp3) is 0.375. The van der Waals surface area contributed by atoms with E-state index < -0.39 is 27.4 Å². The van der Waals surface area contributed by atoms with Crippen molar-refractivity contribution in [1.82, 2.24) is 10.4 Å². The van der Waals surface area contributed by atoms with Crippen LogP contribution in [0.4, 0.5) is 0 Å². The van der Waals surface area contributed by atoms with E-state index >= 15 is 0 Å². The summed E-state index contributed by atoms with van der Waals surface area (Å²) < 4.78 is 39.1. The highest BCUT2D eigenvalue weighted by molar-refractivity contribution is 7.91. The maximum absolute atomic E-state index is 14.4. The highest BCUT2D eigenvalue weighted by Gasteiger charge is 2.54. The molecule has 0 aliphatic carbocycles. The molecular weight excluding hydrogens is 625 g/mol. The highest BCUT2D eigenvalue weighted by Crippen LogP contribution is 2.45. The summed E-state index contributed by atoms with van der Waals surface area (Å²) in [5, 5.41) is 11.6. The molecule has 3 aromatic carbocycles. The quantitative estimate of drug-likeness (QED) is 0.250. The molecule has 0 unspecified atom stereocenters. The van der Waals surface area contributed by atoms with Crippen LogP contribution in [0.3, 0.4) is 0 Å². The predicted octanol–water partition coefficient (Wildman–Crippen LogP) is 5.39. The van der Waals surface area contributed by atoms with E-state index in [1.807, 2.05) is 5.01 Å². The smallest absolute Gasteiger partial charge is 0.266 e. The number of aliphatic imine (C=N–C) groups is 1. The SMILES string of the molecule is O=C(NN1CCCCC1)[C@@]1(CCS(=O)(=O)c2ccccc2)N=C(c2ccc(OCCCO)cc2)O[C@H]1c1ccc(Cl)cc1Cl. The van der Waals surface area contributed by atoms with Crippen LogP contribution in [0.5, 0.6) is 5.75 Å². The molecule has 2 aliphatic heterocycles. The first-order valence-electron chi connectivity index (χ1n) is 14.6. The summed E-state index contributed by atoms with van der Waals surface area (Å²) in [6.45, 7) is 1.73. The minimum absolute atomic E-state index is 0.0267. The third-order valence-electron chi connectivity index (χ3n) is 7.74. The molecule has 2 aliphatic rings. The van der Waals surface area contributed by atoms with Gasteiger partial charge < -0.3 is 14.6 Å². The van der Waals surface area contributed by atoms with Crippen LogP contribution >= 0.6 is 23.2 Å². The molecule has 2 N–H and O–H groups in total. The van der Waals surface area contributed by atoms with Gasteiger partial charge in [0.1, 0.15) is 5.75 Å². The van der Waals surface area contributed by atoms with Gasteiger partial charge in [-0.25, -0.2) is 18.4 Å². The van der Waals surface area contributed by atoms with Crippen LogP contribution in [0, 0.1) is 0 Å². The van der Waals surface area contributed by atoms with Crippen molar-refractivity contribution in [1.29, 1.82) is 0 Å². The van der Waals surface area contributed by atoms with Gasteiger partial charge in [0.05, 0.1) is 17.3 Å². The van der Waals surface area contributed by atoms with Gasteiger partial charge in [-0.15, -0.1) is 0 Å². The lowest BCUT2D eigenvalue weighted by Gasteiger charge is -2.34. The Bertz CT molecular complexity index is 1580. The number of aliphatic hydroxyl groups is 1. The Morgan fingerprint density at radius 3 is 2.45 bits per heavy atom. The number of carbonyl (C=O) groups is 1. The van der Waals surface area contributed by atoms with Crippen LogP contribution in [-0.2, 0) is 19.4 Å². The van der Waals surface area contributed by atoms with E-state index in [1.165, 1.54) is 12.1 Å². The zero-order chi connectivity index (χ0) is 31.2. The second kappa shape index (κ2) is 14.3. The fourth-order valence-corrected chi connectivity index (χ4v) is 7.24. The van der Waals surface area contributed by atoms with E-state index in [-0.39, 0.29) is 34.6 Å². The van der Waals surface area contributed by atoms with Gasteiger partial charge in [0.15, 0.2) is 21.5 Å². The Labute approximate surface area is 267 Å². The maximum atomic E-state index is 14.4. The third kappa shape index (κ3) is 7.38. The molecule has 0 aromatic heterocycles. The Morgan fingerprint density at radius 1 is 1.05 bits per heavy atom. The van der Waals surface area contributed by atoms with Crippen molar-refractivity contribution in [3.05, 3.63) is 94.0 Å². The molecule has 3 aromatic rings. The summed E-state index contributed by atoms with van der Waals surface area (Å²) in [5.41, 5.74) is 2.38. The van der Waals surface area contributed by atoms with E-state index in [9.17, 15) is 13.2 Å². The van der Waals surface area contributed by atoms with Crippen molar-refractivity contribution >= 4 is 44.8 Å². The van der Waals surface area contributed by atoms with Crippen LogP contribution in [0.25, 0.3) is 0 Å². The third-order valence-corrected chi connectivity index (χ3v) is 10.0. The normalized spacial score (nSPS) is 20.5. The van der Waals surface area contributed by atoms with Gasteiger partial charge in [-0.05, 0) is 61.4 Å². The first-order chi connectivity index (χ1) is 21.2. The second-order valence-corrected chi connectivity index (χ2v) is 13.8. The van der Waals surface area contributed by atoms with Crippen molar-refractivity contribution in [3.63, 3.8) is 0 Å². The summed E-state index contributed by atoms with van der Waals surface area (Å²) in [5.74, 6) is -0.0585. The molecule has 0 bridgehead atoms. The van der Waals surface area contributed by atoms with E-state index in [1.54, 1.807) is 60.7 Å². The lowest BCUT2D eigenvalue weighted by molar-refractivity contribution is -0.134. The molecule has 0 spiro atoms. The molecule has 0 saturated carbocycles. The van der Waals surface area contributed by atoms with Crippen molar-refractivity contribution in [2.24, 2.45) is 4.99 Å². The van der Waals surface area contributed by atoms with Crippen molar-refractivity contribution in [2.75, 3.05) is 32.1 Å². The molecule has 0 radical (unpaired) electrons. The molecule has 234 valence electrons. The number of rotatable bonds is 12. The molecule has 2 atom stereocenters. The average molecular weight is 661 g/mol. The number of ether oxygens (including phenoxy) is 2.